The minimum atomic E-state index is -4.52. The molecule has 2 aromatic rings. The van der Waals surface area contributed by atoms with E-state index in [1.165, 1.54) is 13.0 Å². The lowest BCUT2D eigenvalue weighted by Crippen LogP contribution is -2.05. The highest BCUT2D eigenvalue weighted by molar-refractivity contribution is 6.33. The van der Waals surface area contributed by atoms with Crippen LogP contribution in [0.25, 0.3) is 11.4 Å². The summed E-state index contributed by atoms with van der Waals surface area (Å²) in [6, 6.07) is 2.11. The summed E-state index contributed by atoms with van der Waals surface area (Å²) in [5, 5.41) is 14.9. The van der Waals surface area contributed by atoms with Gasteiger partial charge in [0.2, 0.25) is 0 Å². The van der Waals surface area contributed by atoms with Gasteiger partial charge in [0.15, 0.2) is 5.76 Å². The number of rotatable bonds is 2. The second-order valence-corrected chi connectivity index (χ2v) is 4.22. The molecule has 0 unspecified atom stereocenters. The first-order valence-electron chi connectivity index (χ1n) is 5.22. The van der Waals surface area contributed by atoms with E-state index in [0.717, 1.165) is 6.07 Å². The highest BCUT2D eigenvalue weighted by Crippen LogP contribution is 2.33. The Labute approximate surface area is 115 Å². The van der Waals surface area contributed by atoms with Crippen LogP contribution in [0, 0.1) is 0 Å². The molecule has 0 aliphatic rings. The maximum atomic E-state index is 12.5. The van der Waals surface area contributed by atoms with E-state index in [4.69, 9.17) is 21.3 Å². The Morgan fingerprint density at radius 3 is 2.65 bits per heavy atom. The molecule has 9 heteroatoms. The molecule has 5 nitrogen and oxygen atoms in total. The van der Waals surface area contributed by atoms with E-state index in [9.17, 15) is 13.2 Å². The average Bonchev–Trinajstić information content (AvgIpc) is 2.86. The van der Waals surface area contributed by atoms with E-state index >= 15 is 0 Å². The molecule has 20 heavy (non-hydrogen) atoms. The Morgan fingerprint density at radius 2 is 2.10 bits per heavy atom. The number of aromatic nitrogens is 2. The first-order chi connectivity index (χ1) is 9.32. The monoisotopic (exact) mass is 305 g/mol. The van der Waals surface area contributed by atoms with E-state index in [0.29, 0.717) is 6.20 Å². The molecular weight excluding hydrogens is 299 g/mol. The van der Waals surface area contributed by atoms with Gasteiger partial charge < -0.3 is 9.73 Å². The Bertz CT molecular complexity index is 667. The van der Waals surface area contributed by atoms with E-state index in [-0.39, 0.29) is 27.9 Å². The van der Waals surface area contributed by atoms with E-state index in [1.807, 2.05) is 0 Å². The number of hydrogen-bond donors (Lipinski definition) is 1. The zero-order chi connectivity index (χ0) is 14.9. The molecule has 0 saturated heterocycles. The van der Waals surface area contributed by atoms with Crippen molar-refractivity contribution in [1.29, 1.82) is 0 Å². The molecule has 0 bridgehead atoms. The van der Waals surface area contributed by atoms with Crippen LogP contribution in [0.5, 0.6) is 0 Å². The smallest absolute Gasteiger partial charge is 0.411 e. The number of oxime groups is 1. The van der Waals surface area contributed by atoms with Gasteiger partial charge in [0, 0.05) is 12.3 Å². The predicted octanol–water partition coefficient (Wildman–Crippen LogP) is 3.61. The first kappa shape index (κ1) is 14.3. The van der Waals surface area contributed by atoms with Crippen molar-refractivity contribution in [3.8, 4) is 11.4 Å². The lowest BCUT2D eigenvalue weighted by molar-refractivity contribution is -0.137. The molecule has 2 aromatic heterocycles. The summed E-state index contributed by atoms with van der Waals surface area (Å²) in [5.41, 5.74) is -0.614. The van der Waals surface area contributed by atoms with Gasteiger partial charge in [-0.25, -0.2) is 0 Å². The molecule has 0 radical (unpaired) electrons. The van der Waals surface area contributed by atoms with Crippen LogP contribution >= 0.6 is 11.6 Å². The molecule has 2 rings (SSSR count). The average molecular weight is 306 g/mol. The van der Waals surface area contributed by atoms with Gasteiger partial charge in [0.25, 0.3) is 0 Å². The van der Waals surface area contributed by atoms with Crippen molar-refractivity contribution < 1.29 is 22.9 Å². The zero-order valence-electron chi connectivity index (χ0n) is 9.94. The van der Waals surface area contributed by atoms with Gasteiger partial charge in [-0.2, -0.15) is 13.2 Å². The topological polar surface area (TPSA) is 71.5 Å². The molecule has 2 heterocycles. The normalized spacial score (nSPS) is 12.8. The minimum Gasteiger partial charge on any atom is -0.411 e. The van der Waals surface area contributed by atoms with Gasteiger partial charge in [-0.3, -0.25) is 4.98 Å². The summed E-state index contributed by atoms with van der Waals surface area (Å²) in [6.07, 6.45) is -3.87. The Kier molecular flexibility index (Phi) is 3.67. The Hall–Kier alpha value is -2.09. The summed E-state index contributed by atoms with van der Waals surface area (Å²) in [5.74, 6) is 0.153. The van der Waals surface area contributed by atoms with Gasteiger partial charge in [-0.15, -0.1) is 0 Å². The van der Waals surface area contributed by atoms with Crippen LogP contribution in [0.2, 0.25) is 5.02 Å². The molecule has 106 valence electrons. The van der Waals surface area contributed by atoms with Crippen LogP contribution in [-0.2, 0) is 6.18 Å². The first-order valence-corrected chi connectivity index (χ1v) is 5.59. The summed E-state index contributed by atoms with van der Waals surface area (Å²) in [7, 11) is 0. The van der Waals surface area contributed by atoms with Crippen molar-refractivity contribution >= 4 is 17.3 Å². The van der Waals surface area contributed by atoms with Crippen molar-refractivity contribution in [3.05, 3.63) is 34.7 Å². The van der Waals surface area contributed by atoms with Crippen LogP contribution in [0.3, 0.4) is 0 Å². The van der Waals surface area contributed by atoms with Crippen molar-refractivity contribution in [2.45, 2.75) is 13.1 Å². The number of alkyl halides is 3. The standard InChI is InChI=1S/C11H7ClF3N3O2/c1-5(17-19)9-3-8(18-20-9)10-7(12)2-6(4-16-10)11(13,14)15/h2-4,19H,1H3/b17-5-. The molecule has 0 aliphatic heterocycles. The fraction of sp³-hybridized carbons (Fsp3) is 0.182. The van der Waals surface area contributed by atoms with Gasteiger partial charge in [0.05, 0.1) is 10.6 Å². The lowest BCUT2D eigenvalue weighted by Gasteiger charge is -2.07. The summed E-state index contributed by atoms with van der Waals surface area (Å²) < 4.78 is 42.3. The van der Waals surface area contributed by atoms with E-state index < -0.39 is 11.7 Å². The van der Waals surface area contributed by atoms with Gasteiger partial charge >= 0.3 is 6.18 Å². The third kappa shape index (κ3) is 2.74. The van der Waals surface area contributed by atoms with Crippen molar-refractivity contribution in [2.75, 3.05) is 0 Å². The quantitative estimate of drug-likeness (QED) is 0.522. The fourth-order valence-corrected chi connectivity index (χ4v) is 1.65. The van der Waals surface area contributed by atoms with Gasteiger partial charge in [-0.1, -0.05) is 21.9 Å². The molecule has 0 spiro atoms. The third-order valence-electron chi connectivity index (χ3n) is 2.43. The largest absolute Gasteiger partial charge is 0.417 e. The number of pyridine rings is 1. The Morgan fingerprint density at radius 1 is 1.40 bits per heavy atom. The summed E-state index contributed by atoms with van der Waals surface area (Å²) in [6.45, 7) is 1.46. The van der Waals surface area contributed by atoms with Crippen molar-refractivity contribution in [3.63, 3.8) is 0 Å². The predicted molar refractivity (Wildman–Crippen MR) is 63.7 cm³/mol. The Balaban J connectivity index is 2.41. The van der Waals surface area contributed by atoms with Crippen LogP contribution in [0.15, 0.2) is 28.0 Å². The number of halogens is 4. The van der Waals surface area contributed by atoms with Crippen molar-refractivity contribution in [1.82, 2.24) is 10.1 Å². The second-order valence-electron chi connectivity index (χ2n) is 3.81. The van der Waals surface area contributed by atoms with Crippen LogP contribution in [0.4, 0.5) is 13.2 Å². The maximum Gasteiger partial charge on any atom is 0.417 e. The molecule has 0 amide bonds. The lowest BCUT2D eigenvalue weighted by atomic mass is 10.2. The molecule has 0 fully saturated rings. The van der Waals surface area contributed by atoms with E-state index in [1.54, 1.807) is 0 Å². The maximum absolute atomic E-state index is 12.5. The highest BCUT2D eigenvalue weighted by Gasteiger charge is 2.32. The second kappa shape index (κ2) is 5.12. The van der Waals surface area contributed by atoms with Gasteiger partial charge in [-0.05, 0) is 13.0 Å². The number of nitrogens with zero attached hydrogens (tertiary/aromatic N) is 3. The van der Waals surface area contributed by atoms with Crippen LogP contribution in [-0.4, -0.2) is 21.1 Å². The SMILES string of the molecule is C/C(=N/O)c1cc(-c2ncc(C(F)(F)F)cc2Cl)no1. The fourth-order valence-electron chi connectivity index (χ4n) is 1.39. The van der Waals surface area contributed by atoms with Crippen molar-refractivity contribution in [2.24, 2.45) is 5.16 Å². The summed E-state index contributed by atoms with van der Waals surface area (Å²) >= 11 is 5.77. The van der Waals surface area contributed by atoms with Crippen LogP contribution < -0.4 is 0 Å². The third-order valence-corrected chi connectivity index (χ3v) is 2.72. The van der Waals surface area contributed by atoms with Crippen LogP contribution in [0.1, 0.15) is 18.2 Å². The van der Waals surface area contributed by atoms with Gasteiger partial charge in [0.1, 0.15) is 17.1 Å². The zero-order valence-corrected chi connectivity index (χ0v) is 10.7. The molecule has 0 aromatic carbocycles. The summed E-state index contributed by atoms with van der Waals surface area (Å²) in [4.78, 5) is 3.64. The minimum absolute atomic E-state index is 0.0420. The molecule has 1 N–H and O–H groups in total. The number of hydrogen-bond acceptors (Lipinski definition) is 5. The van der Waals surface area contributed by atoms with E-state index in [2.05, 4.69) is 15.3 Å². The molecule has 0 atom stereocenters. The molecule has 0 aliphatic carbocycles. The molecular formula is C11H7ClF3N3O2. The molecule has 0 saturated carbocycles. The highest BCUT2D eigenvalue weighted by atomic mass is 35.5.